The number of amides is 1. The molecule has 1 aromatic carbocycles. The van der Waals surface area contributed by atoms with Gasteiger partial charge in [0.1, 0.15) is 17.1 Å². The van der Waals surface area contributed by atoms with Gasteiger partial charge in [0.15, 0.2) is 0 Å². The number of carbonyl (C=O) groups excluding carboxylic acids is 1. The molecule has 2 aliphatic rings. The Balaban J connectivity index is 1.93. The van der Waals surface area contributed by atoms with Crippen LogP contribution in [0.3, 0.4) is 0 Å². The van der Waals surface area contributed by atoms with Crippen LogP contribution in [0.25, 0.3) is 6.08 Å². The van der Waals surface area contributed by atoms with Crippen LogP contribution < -0.4 is 5.73 Å². The number of benzene rings is 1. The van der Waals surface area contributed by atoms with Crippen molar-refractivity contribution in [2.24, 2.45) is 5.73 Å². The molecule has 2 atom stereocenters. The Morgan fingerprint density at radius 1 is 1.33 bits per heavy atom. The number of hydrogen-bond acceptors (Lipinski definition) is 4. The predicted octanol–water partition coefficient (Wildman–Crippen LogP) is 1.28. The highest BCUT2D eigenvalue weighted by Crippen LogP contribution is 2.39. The Hall–Kier alpha value is -2.05. The first-order chi connectivity index (χ1) is 10.1. The minimum absolute atomic E-state index is 0.0534. The number of hydrogen-bond donors (Lipinski definition) is 2. The average molecular weight is 302 g/mol. The number of carboxylic acid groups (broad SMARTS) is 1. The molecule has 0 aromatic heterocycles. The molecule has 21 heavy (non-hydrogen) atoms. The van der Waals surface area contributed by atoms with Gasteiger partial charge in [0.2, 0.25) is 5.91 Å². The highest BCUT2D eigenvalue weighted by atomic mass is 32.2. The number of nitrogens with two attached hydrogens (primary N) is 1. The van der Waals surface area contributed by atoms with Gasteiger partial charge in [-0.15, -0.1) is 11.8 Å². The lowest BCUT2D eigenvalue weighted by molar-refractivity contribution is -0.147. The standard InChI is InChI=1S/C15H14N2O3S/c16-11-13(18)17-12(15(19)20)10(8-21-14(11)17)7-6-9-4-2-1-3-5-9/h1-7,11,14H,8,16H2,(H,19,20)/b7-6+/t11?,14-/m1/s1. The van der Waals surface area contributed by atoms with Crippen LogP contribution in [-0.2, 0) is 9.59 Å². The third-order valence-corrected chi connectivity index (χ3v) is 4.84. The number of β-lactam (4-membered cyclic amide) rings is 1. The summed E-state index contributed by atoms with van der Waals surface area (Å²) in [6.07, 6.45) is 3.61. The maximum absolute atomic E-state index is 11.8. The van der Waals surface area contributed by atoms with E-state index in [-0.39, 0.29) is 17.0 Å². The van der Waals surface area contributed by atoms with Gasteiger partial charge in [-0.05, 0) is 11.1 Å². The van der Waals surface area contributed by atoms with E-state index in [0.717, 1.165) is 5.56 Å². The largest absolute Gasteiger partial charge is 0.477 e. The highest BCUT2D eigenvalue weighted by molar-refractivity contribution is 8.00. The third-order valence-electron chi connectivity index (χ3n) is 3.52. The second-order valence-corrected chi connectivity index (χ2v) is 5.96. The number of carboxylic acids is 1. The molecule has 1 saturated heterocycles. The number of rotatable bonds is 3. The molecule has 108 valence electrons. The second kappa shape index (κ2) is 5.38. The highest BCUT2D eigenvalue weighted by Gasteiger charge is 2.51. The SMILES string of the molecule is NC1C(=O)N2C(C(=O)O)=C(/C=C/c3ccccc3)CS[C@H]12. The topological polar surface area (TPSA) is 83.6 Å². The van der Waals surface area contributed by atoms with E-state index in [2.05, 4.69) is 0 Å². The maximum Gasteiger partial charge on any atom is 0.352 e. The van der Waals surface area contributed by atoms with Gasteiger partial charge in [0.05, 0.1) is 0 Å². The van der Waals surface area contributed by atoms with Crippen molar-refractivity contribution < 1.29 is 14.7 Å². The van der Waals surface area contributed by atoms with Crippen molar-refractivity contribution in [3.63, 3.8) is 0 Å². The summed E-state index contributed by atoms with van der Waals surface area (Å²) >= 11 is 1.50. The number of aliphatic carboxylic acids is 1. The first-order valence-electron chi connectivity index (χ1n) is 6.49. The molecule has 0 aliphatic carbocycles. The molecule has 5 nitrogen and oxygen atoms in total. The van der Waals surface area contributed by atoms with Crippen molar-refractivity contribution in [1.82, 2.24) is 4.90 Å². The quantitative estimate of drug-likeness (QED) is 0.822. The molecule has 3 rings (SSSR count). The number of nitrogens with zero attached hydrogens (tertiary/aromatic N) is 1. The summed E-state index contributed by atoms with van der Waals surface area (Å²) in [7, 11) is 0. The lowest BCUT2D eigenvalue weighted by Gasteiger charge is -2.47. The molecule has 1 unspecified atom stereocenters. The molecule has 2 aliphatic heterocycles. The Labute approximate surface area is 126 Å². The Bertz CT molecular complexity index is 654. The van der Waals surface area contributed by atoms with Crippen LogP contribution >= 0.6 is 11.8 Å². The number of carbonyl (C=O) groups is 2. The van der Waals surface area contributed by atoms with Crippen LogP contribution in [0.5, 0.6) is 0 Å². The van der Waals surface area contributed by atoms with Gasteiger partial charge in [0.25, 0.3) is 0 Å². The lowest BCUT2D eigenvalue weighted by atomic mass is 10.0. The van der Waals surface area contributed by atoms with E-state index in [1.807, 2.05) is 36.4 Å². The molecular formula is C15H14N2O3S. The molecule has 1 amide bonds. The number of thioether (sulfide) groups is 1. The van der Waals surface area contributed by atoms with Crippen LogP contribution in [0.1, 0.15) is 5.56 Å². The van der Waals surface area contributed by atoms with Gasteiger partial charge < -0.3 is 10.8 Å². The van der Waals surface area contributed by atoms with Crippen LogP contribution in [0.4, 0.5) is 0 Å². The van der Waals surface area contributed by atoms with E-state index < -0.39 is 12.0 Å². The summed E-state index contributed by atoms with van der Waals surface area (Å²) in [6, 6.07) is 9.01. The van der Waals surface area contributed by atoms with Gasteiger partial charge in [-0.3, -0.25) is 9.69 Å². The predicted molar refractivity (Wildman–Crippen MR) is 81.2 cm³/mol. The summed E-state index contributed by atoms with van der Waals surface area (Å²) in [5.41, 5.74) is 7.37. The summed E-state index contributed by atoms with van der Waals surface area (Å²) in [5, 5.41) is 9.14. The van der Waals surface area contributed by atoms with Crippen LogP contribution in [0.15, 0.2) is 47.7 Å². The Morgan fingerprint density at radius 2 is 2.05 bits per heavy atom. The normalized spacial score (nSPS) is 25.0. The van der Waals surface area contributed by atoms with Crippen molar-refractivity contribution in [3.8, 4) is 0 Å². The lowest BCUT2D eigenvalue weighted by Crippen LogP contribution is -2.68. The molecule has 1 fully saturated rings. The Kier molecular flexibility index (Phi) is 3.57. The number of allylic oxidation sites excluding steroid dienone is 1. The molecule has 0 bridgehead atoms. The average Bonchev–Trinajstić information content (AvgIpc) is 2.52. The van der Waals surface area contributed by atoms with Gasteiger partial charge in [-0.2, -0.15) is 0 Å². The fourth-order valence-electron chi connectivity index (χ4n) is 2.43. The van der Waals surface area contributed by atoms with Crippen molar-refractivity contribution in [2.75, 3.05) is 5.75 Å². The van der Waals surface area contributed by atoms with E-state index in [9.17, 15) is 14.7 Å². The first-order valence-corrected chi connectivity index (χ1v) is 7.54. The van der Waals surface area contributed by atoms with E-state index in [1.165, 1.54) is 16.7 Å². The van der Waals surface area contributed by atoms with E-state index in [1.54, 1.807) is 6.08 Å². The fraction of sp³-hybridized carbons (Fsp3) is 0.200. The van der Waals surface area contributed by atoms with Gasteiger partial charge in [-0.1, -0.05) is 42.5 Å². The van der Waals surface area contributed by atoms with E-state index in [0.29, 0.717) is 11.3 Å². The van der Waals surface area contributed by atoms with Crippen molar-refractivity contribution in [2.45, 2.75) is 11.4 Å². The fourth-order valence-corrected chi connectivity index (χ4v) is 3.69. The molecular weight excluding hydrogens is 288 g/mol. The molecule has 6 heteroatoms. The van der Waals surface area contributed by atoms with Gasteiger partial charge >= 0.3 is 5.97 Å². The zero-order chi connectivity index (χ0) is 15.0. The smallest absolute Gasteiger partial charge is 0.352 e. The van der Waals surface area contributed by atoms with Crippen molar-refractivity contribution in [3.05, 3.63) is 53.2 Å². The summed E-state index contributed by atoms with van der Waals surface area (Å²) in [4.78, 5) is 24.6. The van der Waals surface area contributed by atoms with Crippen molar-refractivity contribution in [1.29, 1.82) is 0 Å². The summed E-state index contributed by atoms with van der Waals surface area (Å²) in [6.45, 7) is 0. The molecule has 0 saturated carbocycles. The molecule has 0 spiro atoms. The van der Waals surface area contributed by atoms with E-state index >= 15 is 0 Å². The van der Waals surface area contributed by atoms with Crippen LogP contribution in [-0.4, -0.2) is 39.1 Å². The first kappa shape index (κ1) is 13.9. The summed E-state index contributed by atoms with van der Waals surface area (Å²) < 4.78 is 0. The van der Waals surface area contributed by atoms with Crippen LogP contribution in [0.2, 0.25) is 0 Å². The van der Waals surface area contributed by atoms with Crippen molar-refractivity contribution >= 4 is 29.7 Å². The van der Waals surface area contributed by atoms with Gasteiger partial charge in [-0.25, -0.2) is 4.79 Å². The maximum atomic E-state index is 11.8. The minimum Gasteiger partial charge on any atom is -0.477 e. The minimum atomic E-state index is -1.09. The molecule has 2 heterocycles. The summed E-state index contributed by atoms with van der Waals surface area (Å²) in [5.74, 6) is -0.879. The second-order valence-electron chi connectivity index (χ2n) is 4.86. The monoisotopic (exact) mass is 302 g/mol. The molecule has 0 radical (unpaired) electrons. The number of fused-ring (bicyclic) bond motifs is 1. The van der Waals surface area contributed by atoms with Gasteiger partial charge in [0, 0.05) is 5.75 Å². The Morgan fingerprint density at radius 3 is 2.71 bits per heavy atom. The third kappa shape index (κ3) is 2.36. The van der Waals surface area contributed by atoms with E-state index in [4.69, 9.17) is 5.73 Å². The zero-order valence-electron chi connectivity index (χ0n) is 11.1. The molecule has 1 aromatic rings. The molecule has 3 N–H and O–H groups in total. The zero-order valence-corrected chi connectivity index (χ0v) is 11.9. The van der Waals surface area contributed by atoms with Crippen LogP contribution in [0, 0.1) is 0 Å².